The predicted molar refractivity (Wildman–Crippen MR) is 90.3 cm³/mol. The van der Waals surface area contributed by atoms with Crippen LogP contribution in [0.2, 0.25) is 0 Å². The first-order valence-electron chi connectivity index (χ1n) is 6.77. The lowest BCUT2D eigenvalue weighted by Gasteiger charge is -2.12. The van der Waals surface area contributed by atoms with Crippen molar-refractivity contribution in [2.24, 2.45) is 0 Å². The molecule has 0 saturated carbocycles. The molecule has 94 valence electrons. The Morgan fingerprint density at radius 3 is 1.10 bits per heavy atom. The molecule has 0 N–H and O–H groups in total. The Kier molecular flexibility index (Phi) is 2.22. The molecule has 0 amide bonds. The molecule has 0 nitrogen and oxygen atoms in total. The Morgan fingerprint density at radius 1 is 0.550 bits per heavy atom. The number of benzene rings is 4. The second kappa shape index (κ2) is 3.94. The van der Waals surface area contributed by atoms with Gasteiger partial charge in [0.2, 0.25) is 0 Å². The summed E-state index contributed by atoms with van der Waals surface area (Å²) in [5.41, 5.74) is 2.34. The van der Waals surface area contributed by atoms with E-state index < -0.39 is 0 Å². The smallest absolute Gasteiger partial charge is 0.00264 e. The highest BCUT2D eigenvalue weighted by molar-refractivity contribution is 6.23. The third kappa shape index (κ3) is 1.42. The minimum Gasteiger partial charge on any atom is -0.0985 e. The lowest BCUT2D eigenvalue weighted by molar-refractivity contribution is 1.73. The fourth-order valence-electron chi connectivity index (χ4n) is 3.12. The van der Waals surface area contributed by atoms with E-state index in [1.807, 2.05) is 12.2 Å². The average molecular weight is 254 g/mol. The minimum atomic E-state index is 1.17. The summed E-state index contributed by atoms with van der Waals surface area (Å²) in [6, 6.07) is 17.6. The van der Waals surface area contributed by atoms with Crippen LogP contribution < -0.4 is 0 Å². The predicted octanol–water partition coefficient (Wildman–Crippen LogP) is 5.87. The molecule has 4 aromatic carbocycles. The van der Waals surface area contributed by atoms with Gasteiger partial charge in [-0.05, 0) is 67.7 Å². The molecule has 0 heteroatoms. The molecule has 0 heterocycles. The van der Waals surface area contributed by atoms with Crippen LogP contribution >= 0.6 is 0 Å². The molecular weight excluding hydrogens is 240 g/mol. The van der Waals surface area contributed by atoms with Crippen molar-refractivity contribution in [3.63, 3.8) is 0 Å². The van der Waals surface area contributed by atoms with Crippen molar-refractivity contribution in [3.8, 4) is 0 Å². The molecule has 0 aliphatic rings. The van der Waals surface area contributed by atoms with E-state index in [9.17, 15) is 0 Å². The maximum absolute atomic E-state index is 3.88. The Morgan fingerprint density at radius 2 is 0.850 bits per heavy atom. The van der Waals surface area contributed by atoms with Gasteiger partial charge in [0.25, 0.3) is 0 Å². The summed E-state index contributed by atoms with van der Waals surface area (Å²) < 4.78 is 0. The number of hydrogen-bond donors (Lipinski definition) is 0. The molecule has 4 rings (SSSR count). The van der Waals surface area contributed by atoms with E-state index >= 15 is 0 Å². The van der Waals surface area contributed by atoms with Gasteiger partial charge in [-0.1, -0.05) is 49.6 Å². The zero-order chi connectivity index (χ0) is 13.7. The summed E-state index contributed by atoms with van der Waals surface area (Å²) >= 11 is 0. The second-order valence-corrected chi connectivity index (χ2v) is 5.22. The maximum Gasteiger partial charge on any atom is -0.00264 e. The molecule has 0 spiro atoms. The highest BCUT2D eigenvalue weighted by Gasteiger charge is 2.09. The molecule has 0 saturated heterocycles. The van der Waals surface area contributed by atoms with Crippen molar-refractivity contribution in [1.82, 2.24) is 0 Å². The van der Waals surface area contributed by atoms with Crippen molar-refractivity contribution in [3.05, 3.63) is 72.8 Å². The SMILES string of the molecule is C=Cc1cc2ccc3cc(C=C)cc4ccc(c1)c2c34. The van der Waals surface area contributed by atoms with E-state index in [1.54, 1.807) is 0 Å². The van der Waals surface area contributed by atoms with E-state index in [-0.39, 0.29) is 0 Å². The Labute approximate surface area is 118 Å². The molecule has 0 aromatic heterocycles. The summed E-state index contributed by atoms with van der Waals surface area (Å²) in [5.74, 6) is 0. The molecule has 0 radical (unpaired) electrons. The third-order valence-corrected chi connectivity index (χ3v) is 4.05. The van der Waals surface area contributed by atoms with Crippen LogP contribution in [-0.4, -0.2) is 0 Å². The minimum absolute atomic E-state index is 1.17. The van der Waals surface area contributed by atoms with E-state index in [4.69, 9.17) is 0 Å². The molecule has 20 heavy (non-hydrogen) atoms. The molecule has 0 unspecified atom stereocenters. The molecule has 0 aliphatic carbocycles. The van der Waals surface area contributed by atoms with Crippen molar-refractivity contribution in [2.75, 3.05) is 0 Å². The highest BCUT2D eigenvalue weighted by atomic mass is 14.1. The normalized spacial score (nSPS) is 11.4. The molecule has 0 fully saturated rings. The maximum atomic E-state index is 3.88. The van der Waals surface area contributed by atoms with Crippen LogP contribution in [-0.2, 0) is 0 Å². The largest absolute Gasteiger partial charge is 0.0985 e. The molecule has 4 aromatic rings. The van der Waals surface area contributed by atoms with E-state index in [0.29, 0.717) is 0 Å². The van der Waals surface area contributed by atoms with Crippen LogP contribution in [0.4, 0.5) is 0 Å². The standard InChI is InChI=1S/C20H14/c1-3-13-9-15-5-7-17-11-14(4-2)12-18-8-6-16(10-13)19(15)20(17)18/h3-12H,1-2H2. The highest BCUT2D eigenvalue weighted by Crippen LogP contribution is 2.36. The molecule has 0 bridgehead atoms. The van der Waals surface area contributed by atoms with Crippen molar-refractivity contribution in [2.45, 2.75) is 0 Å². The summed E-state index contributed by atoms with van der Waals surface area (Å²) in [6.07, 6.45) is 3.81. The average Bonchev–Trinajstić information content (AvgIpc) is 2.51. The first kappa shape index (κ1) is 11.2. The van der Waals surface area contributed by atoms with Crippen LogP contribution in [0.1, 0.15) is 11.1 Å². The topological polar surface area (TPSA) is 0 Å². The first-order chi connectivity index (χ1) is 9.80. The van der Waals surface area contributed by atoms with Gasteiger partial charge in [-0.2, -0.15) is 0 Å². The van der Waals surface area contributed by atoms with Gasteiger partial charge in [0.15, 0.2) is 0 Å². The van der Waals surface area contributed by atoms with Crippen molar-refractivity contribution in [1.29, 1.82) is 0 Å². The van der Waals surface area contributed by atoms with Crippen LogP contribution in [0.15, 0.2) is 61.7 Å². The fourth-order valence-corrected chi connectivity index (χ4v) is 3.12. The summed E-state index contributed by atoms with van der Waals surface area (Å²) in [5, 5.41) is 7.81. The number of rotatable bonds is 2. The van der Waals surface area contributed by atoms with Gasteiger partial charge in [-0.25, -0.2) is 0 Å². The summed E-state index contributed by atoms with van der Waals surface area (Å²) in [7, 11) is 0. The fraction of sp³-hybridized carbons (Fsp3) is 0. The van der Waals surface area contributed by atoms with Crippen LogP contribution in [0, 0.1) is 0 Å². The van der Waals surface area contributed by atoms with Gasteiger partial charge in [0.1, 0.15) is 0 Å². The van der Waals surface area contributed by atoms with Gasteiger partial charge >= 0.3 is 0 Å². The lowest BCUT2D eigenvalue weighted by atomic mass is 9.91. The van der Waals surface area contributed by atoms with Crippen LogP contribution in [0.3, 0.4) is 0 Å². The van der Waals surface area contributed by atoms with Crippen molar-refractivity contribution >= 4 is 44.5 Å². The zero-order valence-corrected chi connectivity index (χ0v) is 11.2. The van der Waals surface area contributed by atoms with Gasteiger partial charge in [-0.15, -0.1) is 0 Å². The molecular formula is C20H14. The Balaban J connectivity index is 2.30. The van der Waals surface area contributed by atoms with Gasteiger partial charge < -0.3 is 0 Å². The van der Waals surface area contributed by atoms with Crippen molar-refractivity contribution < 1.29 is 0 Å². The molecule has 0 aliphatic heterocycles. The monoisotopic (exact) mass is 254 g/mol. The summed E-state index contributed by atoms with van der Waals surface area (Å²) in [4.78, 5) is 0. The third-order valence-electron chi connectivity index (χ3n) is 4.05. The first-order valence-corrected chi connectivity index (χ1v) is 6.77. The molecule has 0 atom stereocenters. The van der Waals surface area contributed by atoms with Gasteiger partial charge in [0.05, 0.1) is 0 Å². The van der Waals surface area contributed by atoms with E-state index in [0.717, 1.165) is 0 Å². The second-order valence-electron chi connectivity index (χ2n) is 5.22. The van der Waals surface area contributed by atoms with E-state index in [1.165, 1.54) is 43.4 Å². The summed E-state index contributed by atoms with van der Waals surface area (Å²) in [6.45, 7) is 7.76. The quantitative estimate of drug-likeness (QED) is 0.392. The van der Waals surface area contributed by atoms with Gasteiger partial charge in [-0.3, -0.25) is 0 Å². The Hall–Kier alpha value is -2.60. The number of hydrogen-bond acceptors (Lipinski definition) is 0. The van der Waals surface area contributed by atoms with Crippen LogP contribution in [0.25, 0.3) is 44.5 Å². The van der Waals surface area contributed by atoms with E-state index in [2.05, 4.69) is 61.7 Å². The zero-order valence-electron chi connectivity index (χ0n) is 11.2. The van der Waals surface area contributed by atoms with Crippen LogP contribution in [0.5, 0.6) is 0 Å². The lowest BCUT2D eigenvalue weighted by Crippen LogP contribution is -1.86. The Bertz CT molecular complexity index is 826. The van der Waals surface area contributed by atoms with Gasteiger partial charge in [0, 0.05) is 0 Å².